The number of aromatic nitrogens is 2. The van der Waals surface area contributed by atoms with Gasteiger partial charge in [0.05, 0.1) is 11.9 Å². The third-order valence-electron chi connectivity index (χ3n) is 5.87. The lowest BCUT2D eigenvalue weighted by Gasteiger charge is -2.34. The van der Waals surface area contributed by atoms with Crippen LogP contribution in [0.2, 0.25) is 0 Å². The summed E-state index contributed by atoms with van der Waals surface area (Å²) in [4.78, 5) is 29.2. The highest BCUT2D eigenvalue weighted by Crippen LogP contribution is 2.50. The van der Waals surface area contributed by atoms with Gasteiger partial charge in [-0.3, -0.25) is 4.79 Å². The van der Waals surface area contributed by atoms with E-state index in [-0.39, 0.29) is 29.5 Å². The predicted molar refractivity (Wildman–Crippen MR) is 134 cm³/mol. The minimum atomic E-state index is -0.548. The molecule has 180 valence electrons. The van der Waals surface area contributed by atoms with Crippen LogP contribution in [0.25, 0.3) is 16.5 Å². The highest BCUT2D eigenvalue weighted by atomic mass is 35.5. The van der Waals surface area contributed by atoms with E-state index in [4.69, 9.17) is 14.2 Å². The molecular formula is C27H25ClN2O5. The van der Waals surface area contributed by atoms with Gasteiger partial charge in [-0.15, -0.1) is 12.4 Å². The van der Waals surface area contributed by atoms with Gasteiger partial charge in [0.1, 0.15) is 11.4 Å². The topological polar surface area (TPSA) is 79.7 Å². The fourth-order valence-electron chi connectivity index (χ4n) is 4.19. The van der Waals surface area contributed by atoms with Gasteiger partial charge in [0.15, 0.2) is 11.5 Å². The fourth-order valence-corrected chi connectivity index (χ4v) is 4.19. The van der Waals surface area contributed by atoms with Crippen LogP contribution < -0.4 is 14.2 Å². The van der Waals surface area contributed by atoms with Gasteiger partial charge in [-0.1, -0.05) is 24.3 Å². The van der Waals surface area contributed by atoms with Crippen molar-refractivity contribution in [1.82, 2.24) is 9.55 Å². The number of halogens is 1. The summed E-state index contributed by atoms with van der Waals surface area (Å²) in [6.45, 7) is 5.38. The lowest BCUT2D eigenvalue weighted by Crippen LogP contribution is -2.33. The van der Waals surface area contributed by atoms with E-state index in [2.05, 4.69) is 4.98 Å². The second-order valence-electron chi connectivity index (χ2n) is 8.87. The van der Waals surface area contributed by atoms with Crippen LogP contribution in [0.5, 0.6) is 17.2 Å². The van der Waals surface area contributed by atoms with Crippen LogP contribution >= 0.6 is 12.4 Å². The van der Waals surface area contributed by atoms with Crippen molar-refractivity contribution in [3.63, 3.8) is 0 Å². The molecule has 0 saturated carbocycles. The summed E-state index contributed by atoms with van der Waals surface area (Å²) in [6, 6.07) is 14.5. The molecule has 0 fully saturated rings. The highest BCUT2D eigenvalue weighted by Gasteiger charge is 2.34. The Morgan fingerprint density at radius 1 is 1.00 bits per heavy atom. The van der Waals surface area contributed by atoms with Crippen molar-refractivity contribution in [2.24, 2.45) is 0 Å². The van der Waals surface area contributed by atoms with Crippen molar-refractivity contribution in [3.05, 3.63) is 78.4 Å². The Hall–Kier alpha value is -3.84. The van der Waals surface area contributed by atoms with Crippen LogP contribution in [0, 0.1) is 0 Å². The van der Waals surface area contributed by atoms with Gasteiger partial charge in [0.2, 0.25) is 0 Å². The molecule has 0 bridgehead atoms. The van der Waals surface area contributed by atoms with Crippen LogP contribution in [-0.2, 0) is 11.2 Å². The number of hydrogen-bond donors (Lipinski definition) is 0. The molecule has 1 aromatic heterocycles. The number of ether oxygens (including phenoxy) is 3. The number of nitrogens with zero attached hydrogens (tertiary/aromatic N) is 2. The minimum Gasteiger partial charge on any atom is -0.487 e. The number of fused-ring (bicyclic) bond motifs is 3. The maximum atomic E-state index is 13.2. The standard InChI is InChI=1S/C27H24N2O5.ClH/c1-17(30)32-25-22-12-13-27(2,3)34-23(22)20-6-4-5-7-21(20)24(25)33-26(31)18-8-10-19(11-9-18)29-15-14-28-16-29;/h4-11,14-16H,12-13H2,1-3H3;1H. The molecule has 0 amide bonds. The zero-order chi connectivity index (χ0) is 23.9. The summed E-state index contributed by atoms with van der Waals surface area (Å²) in [5.41, 5.74) is 1.61. The van der Waals surface area contributed by atoms with Gasteiger partial charge in [-0.05, 0) is 51.0 Å². The summed E-state index contributed by atoms with van der Waals surface area (Å²) in [5, 5.41) is 1.44. The zero-order valence-electron chi connectivity index (χ0n) is 19.6. The molecule has 7 nitrogen and oxygen atoms in total. The van der Waals surface area contributed by atoms with Crippen LogP contribution in [-0.4, -0.2) is 27.1 Å². The molecule has 0 atom stereocenters. The summed E-state index contributed by atoms with van der Waals surface area (Å²) in [5.74, 6) is 0.0706. The van der Waals surface area contributed by atoms with E-state index in [1.54, 1.807) is 24.7 Å². The first-order chi connectivity index (χ1) is 16.3. The zero-order valence-corrected chi connectivity index (χ0v) is 20.4. The van der Waals surface area contributed by atoms with Gasteiger partial charge >= 0.3 is 11.9 Å². The second kappa shape index (κ2) is 9.43. The predicted octanol–water partition coefficient (Wildman–Crippen LogP) is 5.70. The average molecular weight is 493 g/mol. The monoisotopic (exact) mass is 492 g/mol. The molecular weight excluding hydrogens is 468 g/mol. The summed E-state index contributed by atoms with van der Waals surface area (Å²) in [6.07, 6.45) is 6.54. The first-order valence-corrected chi connectivity index (χ1v) is 11.1. The normalized spacial score (nSPS) is 13.8. The van der Waals surface area contributed by atoms with Crippen molar-refractivity contribution in [1.29, 1.82) is 0 Å². The summed E-state index contributed by atoms with van der Waals surface area (Å²) < 4.78 is 19.7. The maximum absolute atomic E-state index is 13.2. The van der Waals surface area contributed by atoms with Gasteiger partial charge < -0.3 is 18.8 Å². The molecule has 2 heterocycles. The van der Waals surface area contributed by atoms with Crippen molar-refractivity contribution in [2.75, 3.05) is 0 Å². The van der Waals surface area contributed by atoms with Crippen molar-refractivity contribution in [2.45, 2.75) is 39.2 Å². The molecule has 1 aliphatic heterocycles. The molecule has 8 heteroatoms. The van der Waals surface area contributed by atoms with Crippen LogP contribution in [0.3, 0.4) is 0 Å². The molecule has 0 N–H and O–H groups in total. The highest BCUT2D eigenvalue weighted by molar-refractivity contribution is 6.01. The van der Waals surface area contributed by atoms with Crippen LogP contribution in [0.1, 0.15) is 43.1 Å². The molecule has 0 unspecified atom stereocenters. The maximum Gasteiger partial charge on any atom is 0.343 e. The number of rotatable bonds is 4. The smallest absolute Gasteiger partial charge is 0.343 e. The fraction of sp³-hybridized carbons (Fsp3) is 0.222. The largest absolute Gasteiger partial charge is 0.487 e. The molecule has 0 radical (unpaired) electrons. The minimum absolute atomic E-state index is 0. The second-order valence-corrected chi connectivity index (χ2v) is 8.87. The molecule has 4 aromatic rings. The average Bonchev–Trinajstić information content (AvgIpc) is 3.35. The first-order valence-electron chi connectivity index (χ1n) is 11.1. The molecule has 35 heavy (non-hydrogen) atoms. The number of hydrogen-bond acceptors (Lipinski definition) is 6. The van der Waals surface area contributed by atoms with E-state index in [0.717, 1.165) is 23.1 Å². The van der Waals surface area contributed by atoms with E-state index in [1.165, 1.54) is 6.92 Å². The van der Waals surface area contributed by atoms with Gasteiger partial charge in [-0.25, -0.2) is 9.78 Å². The number of esters is 2. The van der Waals surface area contributed by atoms with E-state index in [9.17, 15) is 9.59 Å². The van der Waals surface area contributed by atoms with Gasteiger partial charge in [0, 0.05) is 41.3 Å². The molecule has 0 saturated heterocycles. The third kappa shape index (κ3) is 4.72. The van der Waals surface area contributed by atoms with E-state index in [0.29, 0.717) is 23.1 Å². The number of imidazole rings is 1. The Kier molecular flexibility index (Phi) is 6.54. The van der Waals surface area contributed by atoms with Crippen molar-refractivity contribution in [3.8, 4) is 22.9 Å². The van der Waals surface area contributed by atoms with E-state index in [1.807, 2.05) is 61.0 Å². The van der Waals surface area contributed by atoms with Crippen molar-refractivity contribution >= 4 is 35.1 Å². The summed E-state index contributed by atoms with van der Waals surface area (Å²) >= 11 is 0. The molecule has 1 aliphatic rings. The molecule has 3 aromatic carbocycles. The van der Waals surface area contributed by atoms with Gasteiger partial charge in [0.25, 0.3) is 0 Å². The number of benzene rings is 3. The Labute approximate surface area is 209 Å². The van der Waals surface area contributed by atoms with Gasteiger partial charge in [-0.2, -0.15) is 0 Å². The number of carbonyl (C=O) groups excluding carboxylic acids is 2. The Morgan fingerprint density at radius 2 is 1.71 bits per heavy atom. The van der Waals surface area contributed by atoms with Crippen LogP contribution in [0.4, 0.5) is 0 Å². The van der Waals surface area contributed by atoms with E-state index >= 15 is 0 Å². The first kappa shape index (κ1) is 24.3. The van der Waals surface area contributed by atoms with E-state index < -0.39 is 11.9 Å². The lowest BCUT2D eigenvalue weighted by molar-refractivity contribution is -0.132. The Balaban J connectivity index is 0.00000289. The third-order valence-corrected chi connectivity index (χ3v) is 5.87. The lowest BCUT2D eigenvalue weighted by atomic mass is 9.91. The summed E-state index contributed by atoms with van der Waals surface area (Å²) in [7, 11) is 0. The number of carbonyl (C=O) groups is 2. The van der Waals surface area contributed by atoms with Crippen LogP contribution in [0.15, 0.2) is 67.3 Å². The quantitative estimate of drug-likeness (QED) is 0.269. The SMILES string of the molecule is CC(=O)Oc1c2c(c3ccccc3c1OC(=O)c1ccc(-n3ccnc3)cc1)OC(C)(C)CC2.Cl. The molecule has 5 rings (SSSR count). The molecule has 0 spiro atoms. The Bertz CT molecular complexity index is 1400. The Morgan fingerprint density at radius 3 is 2.37 bits per heavy atom. The van der Waals surface area contributed by atoms with Crippen molar-refractivity contribution < 1.29 is 23.8 Å². The molecule has 0 aliphatic carbocycles.